The zero-order valence-corrected chi connectivity index (χ0v) is 21.7. The van der Waals surface area contributed by atoms with Gasteiger partial charge in [0.1, 0.15) is 16.9 Å². The average Bonchev–Trinajstić information content (AvgIpc) is 3.19. The smallest absolute Gasteiger partial charge is 0.416 e. The highest BCUT2D eigenvalue weighted by atomic mass is 32.1. The van der Waals surface area contributed by atoms with E-state index in [1.807, 2.05) is 45.9 Å². The van der Waals surface area contributed by atoms with Crippen molar-refractivity contribution in [3.8, 4) is 16.3 Å². The number of carboxylic acids is 1. The van der Waals surface area contributed by atoms with Crippen molar-refractivity contribution in [3.05, 3.63) is 69.7 Å². The first kappa shape index (κ1) is 27.7. The maximum Gasteiger partial charge on any atom is 0.416 e. The SMILES string of the molecule is CCOC(Cc1ccc(OC(c2sc(-c3ccc(C(F)(F)F)cc3)nc2C)C(C)C)cc1C)C(=O)O. The van der Waals surface area contributed by atoms with E-state index in [-0.39, 0.29) is 18.4 Å². The molecule has 2 atom stereocenters. The van der Waals surface area contributed by atoms with Crippen LogP contribution < -0.4 is 4.74 Å². The maximum absolute atomic E-state index is 12.9. The van der Waals surface area contributed by atoms with Crippen LogP contribution in [0, 0.1) is 19.8 Å². The van der Waals surface area contributed by atoms with Gasteiger partial charge in [0, 0.05) is 18.6 Å². The number of aromatic nitrogens is 1. The lowest BCUT2D eigenvalue weighted by Crippen LogP contribution is -2.26. The van der Waals surface area contributed by atoms with Crippen molar-refractivity contribution in [2.24, 2.45) is 5.92 Å². The quantitative estimate of drug-likeness (QED) is 0.304. The second-order valence-corrected chi connectivity index (χ2v) is 9.93. The van der Waals surface area contributed by atoms with Crippen molar-refractivity contribution in [3.63, 3.8) is 0 Å². The number of carboxylic acid groups (broad SMARTS) is 1. The van der Waals surface area contributed by atoms with Crippen molar-refractivity contribution < 1.29 is 32.5 Å². The van der Waals surface area contributed by atoms with Gasteiger partial charge in [-0.25, -0.2) is 9.78 Å². The first-order valence-electron chi connectivity index (χ1n) is 11.7. The van der Waals surface area contributed by atoms with Gasteiger partial charge in [-0.3, -0.25) is 0 Å². The van der Waals surface area contributed by atoms with Crippen LogP contribution in [0.1, 0.15) is 54.1 Å². The largest absolute Gasteiger partial charge is 0.485 e. The predicted octanol–water partition coefficient (Wildman–Crippen LogP) is 7.25. The third-order valence-electron chi connectivity index (χ3n) is 5.78. The second-order valence-electron chi connectivity index (χ2n) is 8.90. The van der Waals surface area contributed by atoms with E-state index in [2.05, 4.69) is 4.98 Å². The van der Waals surface area contributed by atoms with Crippen LogP contribution in [0.5, 0.6) is 5.75 Å². The van der Waals surface area contributed by atoms with Crippen molar-refractivity contribution in [1.82, 2.24) is 4.98 Å². The van der Waals surface area contributed by atoms with E-state index < -0.39 is 23.8 Å². The minimum atomic E-state index is -4.38. The molecule has 3 rings (SSSR count). The van der Waals surface area contributed by atoms with Crippen LogP contribution in [0.25, 0.3) is 10.6 Å². The normalized spacial score (nSPS) is 13.6. The van der Waals surface area contributed by atoms with Crippen LogP contribution in [-0.4, -0.2) is 28.8 Å². The molecule has 0 aliphatic rings. The van der Waals surface area contributed by atoms with Crippen molar-refractivity contribution in [1.29, 1.82) is 0 Å². The molecule has 194 valence electrons. The van der Waals surface area contributed by atoms with Crippen LogP contribution in [0.4, 0.5) is 13.2 Å². The summed E-state index contributed by atoms with van der Waals surface area (Å²) in [4.78, 5) is 17.0. The Morgan fingerprint density at radius 2 is 1.78 bits per heavy atom. The highest BCUT2D eigenvalue weighted by molar-refractivity contribution is 7.15. The number of carbonyl (C=O) groups is 1. The fraction of sp³-hybridized carbons (Fsp3) is 0.407. The molecule has 1 heterocycles. The molecule has 0 aliphatic heterocycles. The third kappa shape index (κ3) is 6.64. The fourth-order valence-electron chi connectivity index (χ4n) is 3.83. The molecule has 0 amide bonds. The molecule has 3 aromatic rings. The van der Waals surface area contributed by atoms with E-state index in [1.165, 1.54) is 23.5 Å². The lowest BCUT2D eigenvalue weighted by Gasteiger charge is -2.23. The summed E-state index contributed by atoms with van der Waals surface area (Å²) in [6, 6.07) is 10.5. The second kappa shape index (κ2) is 11.4. The number of halogens is 3. The number of thiazole rings is 1. The van der Waals surface area contributed by atoms with E-state index in [4.69, 9.17) is 9.47 Å². The van der Waals surface area contributed by atoms with Crippen molar-refractivity contribution in [2.45, 2.75) is 59.4 Å². The van der Waals surface area contributed by atoms with Gasteiger partial charge >= 0.3 is 12.1 Å². The van der Waals surface area contributed by atoms with E-state index in [0.717, 1.165) is 33.8 Å². The Morgan fingerprint density at radius 3 is 2.31 bits per heavy atom. The predicted molar refractivity (Wildman–Crippen MR) is 133 cm³/mol. The summed E-state index contributed by atoms with van der Waals surface area (Å²) in [5.74, 6) is -0.262. The van der Waals surface area contributed by atoms with Crippen LogP contribution in [0.2, 0.25) is 0 Å². The number of nitrogens with zero attached hydrogens (tertiary/aromatic N) is 1. The molecule has 0 fully saturated rings. The summed E-state index contributed by atoms with van der Waals surface area (Å²) in [6.45, 7) is 9.90. The van der Waals surface area contributed by atoms with Crippen molar-refractivity contribution in [2.75, 3.05) is 6.61 Å². The van der Waals surface area contributed by atoms with Crippen LogP contribution in [0.15, 0.2) is 42.5 Å². The molecule has 5 nitrogen and oxygen atoms in total. The Labute approximate surface area is 212 Å². The van der Waals surface area contributed by atoms with Gasteiger partial charge in [0.25, 0.3) is 0 Å². The molecular formula is C27H30F3NO4S. The van der Waals surface area contributed by atoms with Gasteiger partial charge in [-0.2, -0.15) is 13.2 Å². The lowest BCUT2D eigenvalue weighted by atomic mass is 10.0. The number of hydrogen-bond donors (Lipinski definition) is 1. The van der Waals surface area contributed by atoms with Gasteiger partial charge in [-0.1, -0.05) is 32.0 Å². The maximum atomic E-state index is 12.9. The average molecular weight is 522 g/mol. The molecule has 9 heteroatoms. The van der Waals surface area contributed by atoms with Crippen LogP contribution >= 0.6 is 11.3 Å². The van der Waals surface area contributed by atoms with E-state index in [0.29, 0.717) is 22.9 Å². The van der Waals surface area contributed by atoms with E-state index >= 15 is 0 Å². The standard InChI is InChI=1S/C27H30F3NO4S/c1-6-34-22(26(32)33)14-19-9-12-21(13-16(19)4)35-23(15(2)3)24-17(5)31-25(36-24)18-7-10-20(11-8-18)27(28,29)30/h7-13,15,22-23H,6,14H2,1-5H3,(H,32,33). The zero-order chi connectivity index (χ0) is 26.6. The molecule has 1 aromatic heterocycles. The highest BCUT2D eigenvalue weighted by Gasteiger charge is 2.30. The van der Waals surface area contributed by atoms with Crippen LogP contribution in [0.3, 0.4) is 0 Å². The summed E-state index contributed by atoms with van der Waals surface area (Å²) in [5.41, 5.74) is 2.45. The van der Waals surface area contributed by atoms with Gasteiger partial charge in [0.2, 0.25) is 0 Å². The number of rotatable bonds is 10. The Hall–Kier alpha value is -2.91. The molecule has 0 radical (unpaired) electrons. The first-order valence-corrected chi connectivity index (χ1v) is 12.5. The third-order valence-corrected chi connectivity index (χ3v) is 7.05. The zero-order valence-electron chi connectivity index (χ0n) is 20.8. The summed E-state index contributed by atoms with van der Waals surface area (Å²) in [6.07, 6.45) is -5.35. The molecule has 0 saturated carbocycles. The Morgan fingerprint density at radius 1 is 1.11 bits per heavy atom. The molecule has 36 heavy (non-hydrogen) atoms. The Kier molecular flexibility index (Phi) is 8.79. The lowest BCUT2D eigenvalue weighted by molar-refractivity contribution is -0.150. The monoisotopic (exact) mass is 521 g/mol. The summed E-state index contributed by atoms with van der Waals surface area (Å²) >= 11 is 1.41. The highest BCUT2D eigenvalue weighted by Crippen LogP contribution is 2.39. The molecule has 1 N–H and O–H groups in total. The van der Waals surface area contributed by atoms with Gasteiger partial charge in [-0.15, -0.1) is 11.3 Å². The number of hydrogen-bond acceptors (Lipinski definition) is 5. The van der Waals surface area contributed by atoms with Gasteiger partial charge in [-0.05, 0) is 62.1 Å². The minimum Gasteiger partial charge on any atom is -0.485 e. The Balaban J connectivity index is 1.83. The number of aliphatic carboxylic acids is 1. The van der Waals surface area contributed by atoms with Crippen LogP contribution in [-0.2, 0) is 22.1 Å². The van der Waals surface area contributed by atoms with Gasteiger partial charge in [0.15, 0.2) is 6.10 Å². The van der Waals surface area contributed by atoms with Crippen molar-refractivity contribution >= 4 is 17.3 Å². The van der Waals surface area contributed by atoms with Gasteiger partial charge in [0.05, 0.1) is 16.1 Å². The number of ether oxygens (including phenoxy) is 2. The molecular weight excluding hydrogens is 491 g/mol. The molecule has 2 unspecified atom stereocenters. The summed E-state index contributed by atoms with van der Waals surface area (Å²) in [5, 5.41) is 10.0. The van der Waals surface area contributed by atoms with E-state index in [1.54, 1.807) is 6.92 Å². The van der Waals surface area contributed by atoms with E-state index in [9.17, 15) is 23.1 Å². The molecule has 0 bridgehead atoms. The Bertz CT molecular complexity index is 1190. The summed E-state index contributed by atoms with van der Waals surface area (Å²) in [7, 11) is 0. The topological polar surface area (TPSA) is 68.7 Å². The summed E-state index contributed by atoms with van der Waals surface area (Å²) < 4.78 is 50.4. The number of alkyl halides is 3. The molecule has 2 aromatic carbocycles. The minimum absolute atomic E-state index is 0.0962. The number of aryl methyl sites for hydroxylation is 2. The fourth-order valence-corrected chi connectivity index (χ4v) is 5.10. The first-order chi connectivity index (χ1) is 16.9. The molecule has 0 spiro atoms. The molecule has 0 saturated heterocycles. The number of benzene rings is 2. The molecule has 0 aliphatic carbocycles. The van der Waals surface area contributed by atoms with Gasteiger partial charge < -0.3 is 14.6 Å².